The van der Waals surface area contributed by atoms with Crippen LogP contribution in [-0.2, 0) is 11.2 Å². The summed E-state index contributed by atoms with van der Waals surface area (Å²) in [5, 5.41) is 18.1. The Balaban J connectivity index is 2.66. The van der Waals surface area contributed by atoms with E-state index in [1.165, 1.54) is 0 Å². The van der Waals surface area contributed by atoms with Crippen molar-refractivity contribution < 1.29 is 15.0 Å². The number of nitrogens with two attached hydrogens (primary N) is 1. The molecule has 5 heteroatoms. The summed E-state index contributed by atoms with van der Waals surface area (Å²) in [6, 6.07) is 6.13. The van der Waals surface area contributed by atoms with Gasteiger partial charge in [0.2, 0.25) is 5.91 Å². The van der Waals surface area contributed by atoms with Gasteiger partial charge < -0.3 is 20.8 Å². The van der Waals surface area contributed by atoms with Crippen LogP contribution in [0.4, 0.5) is 0 Å². The molecular weight excluding hydrogens is 256 g/mol. The number of hydrogen-bond acceptors (Lipinski definition) is 4. The van der Waals surface area contributed by atoms with Crippen molar-refractivity contribution >= 4 is 5.91 Å². The fourth-order valence-electron chi connectivity index (χ4n) is 2.05. The van der Waals surface area contributed by atoms with Crippen LogP contribution >= 0.6 is 0 Å². The maximum absolute atomic E-state index is 12.3. The first-order valence-corrected chi connectivity index (χ1v) is 6.90. The van der Waals surface area contributed by atoms with Gasteiger partial charge in [0.15, 0.2) is 0 Å². The molecule has 112 valence electrons. The van der Waals surface area contributed by atoms with Crippen molar-refractivity contribution in [2.24, 2.45) is 5.73 Å². The first-order valence-electron chi connectivity index (χ1n) is 6.90. The Morgan fingerprint density at radius 3 is 2.40 bits per heavy atom. The zero-order valence-electron chi connectivity index (χ0n) is 12.1. The van der Waals surface area contributed by atoms with E-state index in [-0.39, 0.29) is 24.3 Å². The third-order valence-corrected chi connectivity index (χ3v) is 3.17. The van der Waals surface area contributed by atoms with E-state index in [9.17, 15) is 9.90 Å². The topological polar surface area (TPSA) is 86.8 Å². The number of nitrogens with zero attached hydrogens (tertiary/aromatic N) is 1. The van der Waals surface area contributed by atoms with Crippen LogP contribution in [0.15, 0.2) is 24.3 Å². The molecule has 0 fully saturated rings. The van der Waals surface area contributed by atoms with Crippen molar-refractivity contribution in [1.29, 1.82) is 0 Å². The lowest BCUT2D eigenvalue weighted by atomic mass is 10.0. The summed E-state index contributed by atoms with van der Waals surface area (Å²) in [4.78, 5) is 14.0. The molecule has 1 amide bonds. The molecule has 0 aliphatic heterocycles. The number of aromatic hydroxyl groups is 1. The lowest BCUT2D eigenvalue weighted by Crippen LogP contribution is -2.48. The number of phenols is 1. The maximum atomic E-state index is 12.3. The van der Waals surface area contributed by atoms with Crippen molar-refractivity contribution in [3.63, 3.8) is 0 Å². The van der Waals surface area contributed by atoms with Gasteiger partial charge >= 0.3 is 0 Å². The Morgan fingerprint density at radius 1 is 1.30 bits per heavy atom. The summed E-state index contributed by atoms with van der Waals surface area (Å²) in [5.74, 6) is 0.0851. The molecule has 0 aliphatic carbocycles. The lowest BCUT2D eigenvalue weighted by Gasteiger charge is -2.29. The number of benzene rings is 1. The van der Waals surface area contributed by atoms with E-state index in [1.807, 2.05) is 13.8 Å². The molecule has 1 aromatic carbocycles. The van der Waals surface area contributed by atoms with E-state index in [4.69, 9.17) is 10.8 Å². The van der Waals surface area contributed by atoms with Crippen molar-refractivity contribution in [2.45, 2.75) is 38.8 Å². The van der Waals surface area contributed by atoms with Gasteiger partial charge in [-0.1, -0.05) is 12.1 Å². The van der Waals surface area contributed by atoms with Crippen LogP contribution in [0.3, 0.4) is 0 Å². The van der Waals surface area contributed by atoms with E-state index in [1.54, 1.807) is 29.2 Å². The molecule has 5 nitrogen and oxygen atoms in total. The van der Waals surface area contributed by atoms with Crippen LogP contribution in [0.5, 0.6) is 5.75 Å². The minimum atomic E-state index is -0.611. The van der Waals surface area contributed by atoms with Crippen molar-refractivity contribution in [1.82, 2.24) is 4.90 Å². The number of phenolic OH excluding ortho intramolecular Hbond substituents is 1. The molecule has 4 N–H and O–H groups in total. The number of aliphatic hydroxyl groups excluding tert-OH is 1. The van der Waals surface area contributed by atoms with Crippen LogP contribution < -0.4 is 5.73 Å². The summed E-state index contributed by atoms with van der Waals surface area (Å²) < 4.78 is 0. The first kappa shape index (κ1) is 16.5. The van der Waals surface area contributed by atoms with Gasteiger partial charge in [-0.05, 0) is 44.4 Å². The molecule has 0 saturated carbocycles. The van der Waals surface area contributed by atoms with Gasteiger partial charge in [-0.2, -0.15) is 0 Å². The molecule has 0 aromatic heterocycles. The fraction of sp³-hybridized carbons (Fsp3) is 0.533. The molecule has 1 rings (SSSR count). The van der Waals surface area contributed by atoms with Crippen LogP contribution in [0.2, 0.25) is 0 Å². The Bertz CT molecular complexity index is 418. The van der Waals surface area contributed by atoms with Crippen molar-refractivity contribution in [3.8, 4) is 5.75 Å². The van der Waals surface area contributed by atoms with E-state index >= 15 is 0 Å². The molecule has 0 heterocycles. The highest BCUT2D eigenvalue weighted by Crippen LogP contribution is 2.12. The van der Waals surface area contributed by atoms with Crippen LogP contribution in [0.25, 0.3) is 0 Å². The summed E-state index contributed by atoms with van der Waals surface area (Å²) in [5.41, 5.74) is 6.89. The molecular formula is C15H24N2O3. The Kier molecular flexibility index (Phi) is 6.48. The van der Waals surface area contributed by atoms with E-state index < -0.39 is 6.04 Å². The van der Waals surface area contributed by atoms with Crippen LogP contribution in [0.1, 0.15) is 25.8 Å². The van der Waals surface area contributed by atoms with Gasteiger partial charge in [0.25, 0.3) is 0 Å². The number of rotatable bonds is 7. The van der Waals surface area contributed by atoms with Gasteiger partial charge in [0, 0.05) is 19.2 Å². The zero-order chi connectivity index (χ0) is 15.1. The largest absolute Gasteiger partial charge is 0.508 e. The highest BCUT2D eigenvalue weighted by atomic mass is 16.3. The van der Waals surface area contributed by atoms with Gasteiger partial charge in [-0.25, -0.2) is 0 Å². The van der Waals surface area contributed by atoms with E-state index in [2.05, 4.69) is 0 Å². The molecule has 0 aliphatic rings. The minimum absolute atomic E-state index is 0.0555. The van der Waals surface area contributed by atoms with Crippen molar-refractivity contribution in [3.05, 3.63) is 29.8 Å². The molecule has 0 radical (unpaired) electrons. The summed E-state index contributed by atoms with van der Waals surface area (Å²) in [6.07, 6.45) is 0.983. The second-order valence-corrected chi connectivity index (χ2v) is 5.18. The molecule has 20 heavy (non-hydrogen) atoms. The predicted molar refractivity (Wildman–Crippen MR) is 78.3 cm³/mol. The number of carbonyl (C=O) groups excluding carboxylic acids is 1. The molecule has 1 unspecified atom stereocenters. The molecule has 1 aromatic rings. The monoisotopic (exact) mass is 280 g/mol. The quantitative estimate of drug-likeness (QED) is 0.692. The summed E-state index contributed by atoms with van der Waals surface area (Å²) in [7, 11) is 0. The lowest BCUT2D eigenvalue weighted by molar-refractivity contribution is -0.134. The highest BCUT2D eigenvalue weighted by Gasteiger charge is 2.23. The number of aliphatic hydroxyl groups is 1. The smallest absolute Gasteiger partial charge is 0.240 e. The Morgan fingerprint density at radius 2 is 1.90 bits per heavy atom. The third-order valence-electron chi connectivity index (χ3n) is 3.17. The van der Waals surface area contributed by atoms with Crippen molar-refractivity contribution in [2.75, 3.05) is 13.2 Å². The molecule has 1 atom stereocenters. The predicted octanol–water partition coefficient (Wildman–Crippen LogP) is 0.881. The number of carbonyl (C=O) groups is 1. The normalized spacial score (nSPS) is 12.4. The second kappa shape index (κ2) is 7.87. The van der Waals surface area contributed by atoms with Gasteiger partial charge in [-0.3, -0.25) is 4.79 Å². The first-order chi connectivity index (χ1) is 9.45. The second-order valence-electron chi connectivity index (χ2n) is 5.18. The standard InChI is InChI=1S/C15H24N2O3/c1-11(2)17(8-3-9-18)15(20)14(16)10-12-4-6-13(19)7-5-12/h4-7,11,14,18-19H,3,8-10,16H2,1-2H3. The maximum Gasteiger partial charge on any atom is 0.240 e. The van der Waals surface area contributed by atoms with Gasteiger partial charge in [-0.15, -0.1) is 0 Å². The number of amides is 1. The SMILES string of the molecule is CC(C)N(CCCO)C(=O)C(N)Cc1ccc(O)cc1. The average Bonchev–Trinajstić information content (AvgIpc) is 2.41. The number of hydrogen-bond donors (Lipinski definition) is 3. The van der Waals surface area contributed by atoms with E-state index in [0.717, 1.165) is 5.56 Å². The molecule has 0 saturated heterocycles. The third kappa shape index (κ3) is 4.83. The van der Waals surface area contributed by atoms with E-state index in [0.29, 0.717) is 19.4 Å². The van der Waals surface area contributed by atoms with Gasteiger partial charge in [0.1, 0.15) is 5.75 Å². The fourth-order valence-corrected chi connectivity index (χ4v) is 2.05. The summed E-state index contributed by atoms with van der Waals surface area (Å²) >= 11 is 0. The highest BCUT2D eigenvalue weighted by molar-refractivity contribution is 5.82. The zero-order valence-corrected chi connectivity index (χ0v) is 12.1. The molecule has 0 bridgehead atoms. The minimum Gasteiger partial charge on any atom is -0.508 e. The Hall–Kier alpha value is -1.59. The van der Waals surface area contributed by atoms with Crippen LogP contribution in [0, 0.1) is 0 Å². The van der Waals surface area contributed by atoms with Crippen LogP contribution in [-0.4, -0.2) is 46.3 Å². The van der Waals surface area contributed by atoms with Gasteiger partial charge in [0.05, 0.1) is 6.04 Å². The summed E-state index contributed by atoms with van der Waals surface area (Å²) in [6.45, 7) is 4.44. The Labute approximate surface area is 120 Å². The average molecular weight is 280 g/mol. The molecule has 0 spiro atoms.